The van der Waals surface area contributed by atoms with Crippen molar-refractivity contribution in [3.05, 3.63) is 132 Å². The Kier molecular flexibility index (Phi) is 22.7. The van der Waals surface area contributed by atoms with Crippen LogP contribution < -0.4 is 11.1 Å². The van der Waals surface area contributed by atoms with Crippen LogP contribution in [-0.2, 0) is 0 Å². The molecule has 4 aromatic carbocycles. The Morgan fingerprint density at radius 2 is 1.09 bits per heavy atom. The molecule has 0 aliphatic carbocycles. The molecule has 5 nitrogen and oxygen atoms in total. The summed E-state index contributed by atoms with van der Waals surface area (Å²) in [4.78, 5) is 10.0. The van der Waals surface area contributed by atoms with E-state index in [1.54, 1.807) is 12.1 Å². The van der Waals surface area contributed by atoms with Crippen LogP contribution in [0.15, 0.2) is 121 Å². The van der Waals surface area contributed by atoms with Crippen LogP contribution in [0, 0.1) is 20.7 Å². The number of hydrogen-bond acceptors (Lipinski definition) is 5. The fraction of sp³-hybridized carbons (Fsp3) is 0.325. The third-order valence-corrected chi connectivity index (χ3v) is 19.9. The first-order chi connectivity index (χ1) is 22.5. The van der Waals surface area contributed by atoms with Crippen molar-refractivity contribution in [2.75, 3.05) is 11.1 Å². The Hall–Kier alpha value is -4.07. The normalized spacial score (nSPS) is 10.5. The Balaban J connectivity index is 0.000000324. The number of nitrogens with two attached hydrogens (primary N) is 1. The molecule has 242 valence electrons. The largest absolute Gasteiger partial charge is 0.399 e. The molecule has 0 fully saturated rings. The van der Waals surface area contributed by atoms with E-state index in [0.717, 1.165) is 28.8 Å². The SMILES string of the molecule is CCC[CH2][Sn]([C]#N)([CH2]CCC)[CH2]CCC.N#CC(Nc1ccccc1)c1ccccc1.Nc1ccccc1.O=Cc1ccccc1. The van der Waals surface area contributed by atoms with Crippen molar-refractivity contribution in [3.63, 3.8) is 0 Å². The maximum absolute atomic E-state index is 10.0. The monoisotopic (exact) mass is 724 g/mol. The summed E-state index contributed by atoms with van der Waals surface area (Å²) >= 11 is -2.31. The van der Waals surface area contributed by atoms with Crippen LogP contribution in [0.25, 0.3) is 0 Å². The zero-order valence-corrected chi connectivity index (χ0v) is 30.8. The third kappa shape index (κ3) is 18.0. The van der Waals surface area contributed by atoms with Gasteiger partial charge in [0.05, 0.1) is 6.07 Å². The van der Waals surface area contributed by atoms with Crippen molar-refractivity contribution in [1.82, 2.24) is 0 Å². The zero-order valence-electron chi connectivity index (χ0n) is 27.9. The topological polar surface area (TPSA) is 103 Å². The van der Waals surface area contributed by atoms with Gasteiger partial charge in [-0.05, 0) is 29.8 Å². The Bertz CT molecular complexity index is 1350. The molecule has 0 radical (unpaired) electrons. The van der Waals surface area contributed by atoms with Gasteiger partial charge in [0.25, 0.3) is 0 Å². The molecule has 6 heteroatoms. The van der Waals surface area contributed by atoms with Gasteiger partial charge in [-0.2, -0.15) is 5.26 Å². The molecule has 1 unspecified atom stereocenters. The van der Waals surface area contributed by atoms with Gasteiger partial charge in [0.2, 0.25) is 0 Å². The number of aldehydes is 1. The van der Waals surface area contributed by atoms with Gasteiger partial charge in [-0.15, -0.1) is 0 Å². The molecule has 4 rings (SSSR count). The van der Waals surface area contributed by atoms with Crippen LogP contribution in [0.3, 0.4) is 0 Å². The second-order valence-corrected chi connectivity index (χ2v) is 23.4. The van der Waals surface area contributed by atoms with E-state index >= 15 is 0 Å². The molecule has 0 bridgehead atoms. The molecule has 46 heavy (non-hydrogen) atoms. The first-order valence-corrected chi connectivity index (χ1v) is 23.9. The predicted octanol–water partition coefficient (Wildman–Crippen LogP) is 11.0. The van der Waals surface area contributed by atoms with Gasteiger partial charge in [-0.1, -0.05) is 97.1 Å². The average Bonchev–Trinajstić information content (AvgIpc) is 3.13. The van der Waals surface area contributed by atoms with E-state index in [-0.39, 0.29) is 6.04 Å². The number of nitriles is 2. The van der Waals surface area contributed by atoms with E-state index < -0.39 is 18.4 Å². The Morgan fingerprint density at radius 1 is 0.674 bits per heavy atom. The molecule has 0 saturated carbocycles. The molecule has 0 spiro atoms. The maximum atomic E-state index is 10.0. The van der Waals surface area contributed by atoms with Crippen LogP contribution in [0.1, 0.15) is 81.3 Å². The number of carbonyl (C=O) groups is 1. The molecule has 0 aliphatic rings. The van der Waals surface area contributed by atoms with Crippen LogP contribution in [0.2, 0.25) is 13.3 Å². The smallest absolute Gasteiger partial charge is 0.150 e. The van der Waals surface area contributed by atoms with Crippen molar-refractivity contribution in [2.24, 2.45) is 0 Å². The van der Waals surface area contributed by atoms with E-state index in [2.05, 4.69) is 36.2 Å². The van der Waals surface area contributed by atoms with Gasteiger partial charge >= 0.3 is 100 Å². The fourth-order valence-corrected chi connectivity index (χ4v) is 16.5. The van der Waals surface area contributed by atoms with Gasteiger partial charge in [0.1, 0.15) is 12.3 Å². The first-order valence-electron chi connectivity index (χ1n) is 16.5. The number of rotatable bonds is 13. The van der Waals surface area contributed by atoms with Crippen LogP contribution in [0.4, 0.5) is 11.4 Å². The summed E-state index contributed by atoms with van der Waals surface area (Å²) in [5.41, 5.74) is 8.85. The summed E-state index contributed by atoms with van der Waals surface area (Å²) in [5.74, 6) is 0. The van der Waals surface area contributed by atoms with E-state index in [1.165, 1.54) is 51.8 Å². The number of carbonyl (C=O) groups excluding carboxylic acids is 1. The van der Waals surface area contributed by atoms with Gasteiger partial charge in [0.15, 0.2) is 0 Å². The van der Waals surface area contributed by atoms with E-state index in [1.807, 2.05) is 109 Å². The number of nitrogen functional groups attached to an aromatic ring is 1. The maximum Gasteiger partial charge on any atom is 0.150 e. The van der Waals surface area contributed by atoms with Crippen LogP contribution >= 0.6 is 0 Å². The third-order valence-electron chi connectivity index (χ3n) is 7.35. The number of nitrogens with one attached hydrogen (secondary N) is 1. The number of hydrogen-bond donors (Lipinski definition) is 2. The summed E-state index contributed by atoms with van der Waals surface area (Å²) in [6.45, 7) is 6.73. The molecule has 0 amide bonds. The molecule has 0 saturated heterocycles. The number of para-hydroxylation sites is 2. The quantitative estimate of drug-likeness (QED) is 0.0812. The summed E-state index contributed by atoms with van der Waals surface area (Å²) in [6.07, 6.45) is 8.53. The minimum atomic E-state index is -2.31. The molecule has 0 aliphatic heterocycles. The van der Waals surface area contributed by atoms with Crippen molar-refractivity contribution in [1.29, 1.82) is 10.5 Å². The van der Waals surface area contributed by atoms with Crippen molar-refractivity contribution >= 4 is 36.0 Å². The number of benzene rings is 4. The van der Waals surface area contributed by atoms with E-state index in [4.69, 9.17) is 11.0 Å². The summed E-state index contributed by atoms with van der Waals surface area (Å²) < 4.78 is 6.79. The second kappa shape index (κ2) is 26.2. The van der Waals surface area contributed by atoms with Crippen molar-refractivity contribution in [3.8, 4) is 10.2 Å². The van der Waals surface area contributed by atoms with Crippen molar-refractivity contribution < 1.29 is 4.79 Å². The fourth-order valence-electron chi connectivity index (χ4n) is 4.61. The van der Waals surface area contributed by atoms with Crippen LogP contribution in [-0.4, -0.2) is 24.7 Å². The first kappa shape index (κ1) is 40.0. The predicted molar refractivity (Wildman–Crippen MR) is 198 cm³/mol. The molecule has 0 aromatic heterocycles. The van der Waals surface area contributed by atoms with Gasteiger partial charge < -0.3 is 11.1 Å². The van der Waals surface area contributed by atoms with Gasteiger partial charge in [-0.25, -0.2) is 0 Å². The van der Waals surface area contributed by atoms with E-state index in [0.29, 0.717) is 0 Å². The number of unbranched alkanes of at least 4 members (excludes halogenated alkanes) is 3. The molecular formula is C40H52N4OSn. The minimum Gasteiger partial charge on any atom is -0.399 e. The summed E-state index contributed by atoms with van der Waals surface area (Å²) in [6, 6.07) is 40.0. The summed E-state index contributed by atoms with van der Waals surface area (Å²) in [5, 5.41) is 21.8. The average molecular weight is 724 g/mol. The molecule has 0 heterocycles. The standard InChI is InChI=1S/C14H12N2.C7H6O.C6H7N.3C4H9.CN.Sn/c15-11-14(12-7-3-1-4-8-12)16-13-9-5-2-6-10-13;8-6-7-4-2-1-3-5-7;7-6-4-2-1-3-5-6;3*1-3-4-2;1-2;/h1-10,14,16H;1-6H;1-5H,7H2;3*1,3-4H2,2H3;;. The van der Waals surface area contributed by atoms with Gasteiger partial charge in [-0.3, -0.25) is 4.79 Å². The molecule has 4 aromatic rings. The Morgan fingerprint density at radius 3 is 1.41 bits per heavy atom. The minimum absolute atomic E-state index is 0.302. The summed E-state index contributed by atoms with van der Waals surface area (Å²) in [7, 11) is 0. The van der Waals surface area contributed by atoms with Crippen molar-refractivity contribution in [2.45, 2.75) is 78.6 Å². The van der Waals surface area contributed by atoms with Gasteiger partial charge in [0, 0.05) is 16.9 Å². The Labute approximate surface area is 282 Å². The number of nitrogens with zero attached hydrogens (tertiary/aromatic N) is 2. The molecule has 1 atom stereocenters. The van der Waals surface area contributed by atoms with Crippen LogP contribution in [0.5, 0.6) is 0 Å². The molecule has 3 N–H and O–H groups in total. The second-order valence-electron chi connectivity index (χ2n) is 11.1. The number of anilines is 2. The zero-order chi connectivity index (χ0) is 33.7. The molecular weight excluding hydrogens is 671 g/mol. The van der Waals surface area contributed by atoms with E-state index in [9.17, 15) is 10.1 Å².